The highest BCUT2D eigenvalue weighted by atomic mass is 79.9. The number of rotatable bonds is 4. The molecule has 3 nitrogen and oxygen atoms in total. The Bertz CT molecular complexity index is 533. The molecule has 0 radical (unpaired) electrons. The van der Waals surface area contributed by atoms with Crippen LogP contribution in [0, 0.1) is 5.92 Å². The Morgan fingerprint density at radius 2 is 2.22 bits per heavy atom. The van der Waals surface area contributed by atoms with Crippen LogP contribution >= 0.6 is 27.5 Å². The van der Waals surface area contributed by atoms with E-state index in [0.29, 0.717) is 18.1 Å². The highest BCUT2D eigenvalue weighted by Crippen LogP contribution is 2.22. The summed E-state index contributed by atoms with van der Waals surface area (Å²) >= 11 is 9.46. The maximum Gasteiger partial charge on any atom is 0.150 e. The van der Waals surface area contributed by atoms with E-state index in [2.05, 4.69) is 21.2 Å². The van der Waals surface area contributed by atoms with E-state index in [9.17, 15) is 8.42 Å². The number of halogens is 2. The van der Waals surface area contributed by atoms with Gasteiger partial charge in [-0.25, -0.2) is 8.42 Å². The molecule has 0 bridgehead atoms. The monoisotopic (exact) mass is 351 g/mol. The van der Waals surface area contributed by atoms with Gasteiger partial charge in [-0.2, -0.15) is 0 Å². The van der Waals surface area contributed by atoms with E-state index >= 15 is 0 Å². The second-order valence-electron chi connectivity index (χ2n) is 4.64. The molecule has 1 aliphatic rings. The molecule has 100 valence electrons. The van der Waals surface area contributed by atoms with E-state index in [1.54, 1.807) is 0 Å². The minimum atomic E-state index is -2.78. The van der Waals surface area contributed by atoms with Crippen molar-refractivity contribution in [3.05, 3.63) is 33.3 Å². The maximum atomic E-state index is 11.3. The zero-order valence-corrected chi connectivity index (χ0v) is 13.0. The fraction of sp³-hybridized carbons (Fsp3) is 0.500. The van der Waals surface area contributed by atoms with Gasteiger partial charge in [0.15, 0.2) is 9.84 Å². The Hall–Kier alpha value is -0.100. The average molecular weight is 353 g/mol. The van der Waals surface area contributed by atoms with E-state index in [1.165, 1.54) is 0 Å². The van der Waals surface area contributed by atoms with Gasteiger partial charge in [-0.3, -0.25) is 0 Å². The molecule has 1 atom stereocenters. The first kappa shape index (κ1) is 14.3. The molecule has 2 rings (SSSR count). The van der Waals surface area contributed by atoms with Crippen LogP contribution in [0.1, 0.15) is 12.0 Å². The molecule has 1 unspecified atom stereocenters. The van der Waals surface area contributed by atoms with Gasteiger partial charge in [-0.05, 0) is 36.6 Å². The Morgan fingerprint density at radius 1 is 1.44 bits per heavy atom. The maximum absolute atomic E-state index is 11.3. The summed E-state index contributed by atoms with van der Waals surface area (Å²) in [5, 5.41) is 4.00. The highest BCUT2D eigenvalue weighted by Gasteiger charge is 2.27. The molecular weight excluding hydrogens is 338 g/mol. The van der Waals surface area contributed by atoms with Crippen LogP contribution in [0.4, 0.5) is 0 Å². The fourth-order valence-corrected chi connectivity index (χ4v) is 4.71. The topological polar surface area (TPSA) is 46.2 Å². The third-order valence-corrected chi connectivity index (χ3v) is 5.77. The lowest BCUT2D eigenvalue weighted by atomic mass is 10.1. The van der Waals surface area contributed by atoms with E-state index < -0.39 is 9.84 Å². The molecule has 0 amide bonds. The molecular formula is C12H15BrClNO2S. The zero-order chi connectivity index (χ0) is 13.2. The van der Waals surface area contributed by atoms with Crippen LogP contribution in [-0.4, -0.2) is 26.5 Å². The summed E-state index contributed by atoms with van der Waals surface area (Å²) in [6.07, 6.45) is 0.767. The van der Waals surface area contributed by atoms with E-state index in [1.807, 2.05) is 18.2 Å². The first-order chi connectivity index (χ1) is 8.46. The van der Waals surface area contributed by atoms with Crippen LogP contribution in [0.3, 0.4) is 0 Å². The molecule has 1 fully saturated rings. The number of hydrogen-bond acceptors (Lipinski definition) is 3. The van der Waals surface area contributed by atoms with Crippen molar-refractivity contribution >= 4 is 37.4 Å². The summed E-state index contributed by atoms with van der Waals surface area (Å²) in [4.78, 5) is 0. The second kappa shape index (κ2) is 5.90. The van der Waals surface area contributed by atoms with Crippen molar-refractivity contribution in [2.75, 3.05) is 18.1 Å². The van der Waals surface area contributed by atoms with Crippen LogP contribution in [0.25, 0.3) is 0 Å². The molecule has 1 heterocycles. The molecule has 0 saturated carbocycles. The van der Waals surface area contributed by atoms with Crippen molar-refractivity contribution in [2.24, 2.45) is 5.92 Å². The van der Waals surface area contributed by atoms with Crippen molar-refractivity contribution in [3.63, 3.8) is 0 Å². The summed E-state index contributed by atoms with van der Waals surface area (Å²) in [7, 11) is -2.78. The second-order valence-corrected chi connectivity index (χ2v) is 8.19. The Balaban J connectivity index is 1.82. The van der Waals surface area contributed by atoms with E-state index in [4.69, 9.17) is 11.6 Å². The summed E-state index contributed by atoms with van der Waals surface area (Å²) < 4.78 is 23.6. The molecule has 6 heteroatoms. The molecule has 1 aromatic carbocycles. The van der Waals surface area contributed by atoms with Crippen LogP contribution in [-0.2, 0) is 16.4 Å². The normalized spacial score (nSPS) is 22.2. The van der Waals surface area contributed by atoms with Gasteiger partial charge in [0.2, 0.25) is 0 Å². The average Bonchev–Trinajstić information content (AvgIpc) is 2.61. The van der Waals surface area contributed by atoms with Crippen LogP contribution in [0.15, 0.2) is 22.7 Å². The van der Waals surface area contributed by atoms with Crippen molar-refractivity contribution in [1.29, 1.82) is 0 Å². The van der Waals surface area contributed by atoms with Crippen LogP contribution in [0.2, 0.25) is 5.02 Å². The number of nitrogens with one attached hydrogen (secondary N) is 1. The van der Waals surface area contributed by atoms with Gasteiger partial charge in [-0.1, -0.05) is 33.6 Å². The van der Waals surface area contributed by atoms with Crippen molar-refractivity contribution < 1.29 is 8.42 Å². The lowest BCUT2D eigenvalue weighted by Gasteiger charge is -2.10. The predicted molar refractivity (Wildman–Crippen MR) is 77.6 cm³/mol. The smallest absolute Gasteiger partial charge is 0.150 e. The molecule has 0 aliphatic carbocycles. The number of hydrogen-bond donors (Lipinski definition) is 1. The Morgan fingerprint density at radius 3 is 2.83 bits per heavy atom. The predicted octanol–water partition coefficient (Wildman–Crippen LogP) is 2.63. The Kier molecular flexibility index (Phi) is 4.69. The van der Waals surface area contributed by atoms with Gasteiger partial charge < -0.3 is 5.32 Å². The van der Waals surface area contributed by atoms with Crippen molar-refractivity contribution in [3.8, 4) is 0 Å². The van der Waals surface area contributed by atoms with Crippen molar-refractivity contribution in [2.45, 2.75) is 13.0 Å². The summed E-state index contributed by atoms with van der Waals surface area (Å²) in [5.74, 6) is 0.885. The van der Waals surface area contributed by atoms with E-state index in [-0.39, 0.29) is 5.92 Å². The number of benzene rings is 1. The minimum Gasteiger partial charge on any atom is -0.312 e. The summed E-state index contributed by atoms with van der Waals surface area (Å²) in [6, 6.07) is 5.77. The lowest BCUT2D eigenvalue weighted by molar-refractivity contribution is 0.521. The zero-order valence-electron chi connectivity index (χ0n) is 9.83. The first-order valence-corrected chi connectivity index (χ1v) is 8.80. The van der Waals surface area contributed by atoms with Gasteiger partial charge in [0, 0.05) is 16.0 Å². The van der Waals surface area contributed by atoms with Gasteiger partial charge in [-0.15, -0.1) is 0 Å². The molecule has 1 N–H and O–H groups in total. The largest absolute Gasteiger partial charge is 0.312 e. The van der Waals surface area contributed by atoms with Gasteiger partial charge in [0.05, 0.1) is 11.5 Å². The molecule has 0 aromatic heterocycles. The van der Waals surface area contributed by atoms with Gasteiger partial charge >= 0.3 is 0 Å². The molecule has 1 saturated heterocycles. The van der Waals surface area contributed by atoms with Crippen LogP contribution < -0.4 is 5.32 Å². The van der Waals surface area contributed by atoms with Gasteiger partial charge in [0.1, 0.15) is 0 Å². The molecule has 18 heavy (non-hydrogen) atoms. The lowest BCUT2D eigenvalue weighted by Crippen LogP contribution is -2.23. The standard InChI is InChI=1S/C12H15BrClNO2S/c13-11-2-1-10(12(14)5-11)7-15-6-9-3-4-18(16,17)8-9/h1-2,5,9,15H,3-4,6-8H2. The van der Waals surface area contributed by atoms with E-state index in [0.717, 1.165) is 28.0 Å². The molecule has 1 aliphatic heterocycles. The third-order valence-electron chi connectivity index (χ3n) is 3.09. The third kappa shape index (κ3) is 3.95. The highest BCUT2D eigenvalue weighted by molar-refractivity contribution is 9.10. The summed E-state index contributed by atoms with van der Waals surface area (Å²) in [6.45, 7) is 1.40. The minimum absolute atomic E-state index is 0.240. The van der Waals surface area contributed by atoms with Crippen LogP contribution in [0.5, 0.6) is 0 Å². The first-order valence-electron chi connectivity index (χ1n) is 5.81. The fourth-order valence-electron chi connectivity index (χ4n) is 2.11. The SMILES string of the molecule is O=S1(=O)CCC(CNCc2ccc(Br)cc2Cl)C1. The van der Waals surface area contributed by atoms with Crippen molar-refractivity contribution in [1.82, 2.24) is 5.32 Å². The quantitative estimate of drug-likeness (QED) is 0.906. The number of sulfone groups is 1. The summed E-state index contributed by atoms with van der Waals surface area (Å²) in [5.41, 5.74) is 1.03. The Labute approximate surface area is 121 Å². The molecule has 1 aromatic rings. The van der Waals surface area contributed by atoms with Gasteiger partial charge in [0.25, 0.3) is 0 Å². The molecule has 0 spiro atoms.